The molecule has 1 aliphatic carbocycles. The van der Waals surface area contributed by atoms with Crippen molar-refractivity contribution >= 4 is 11.8 Å². The second-order valence-electron chi connectivity index (χ2n) is 6.88. The molecule has 0 aliphatic heterocycles. The summed E-state index contributed by atoms with van der Waals surface area (Å²) in [7, 11) is 0. The van der Waals surface area contributed by atoms with E-state index in [2.05, 4.69) is 18.8 Å². The zero-order valence-corrected chi connectivity index (χ0v) is 14.9. The van der Waals surface area contributed by atoms with Gasteiger partial charge in [-0.2, -0.15) is 0 Å². The summed E-state index contributed by atoms with van der Waals surface area (Å²) in [5, 5.41) is 18.5. The Kier molecular flexibility index (Phi) is 10.4. The Bertz CT molecular complexity index is 446. The third-order valence-electron chi connectivity index (χ3n) is 4.85. The third-order valence-corrected chi connectivity index (χ3v) is 4.85. The molecular formula is C20H32O4. The van der Waals surface area contributed by atoms with Gasteiger partial charge in [0.05, 0.1) is 0 Å². The zero-order chi connectivity index (χ0) is 17.8. The Morgan fingerprint density at radius 1 is 1.25 bits per heavy atom. The van der Waals surface area contributed by atoms with Crippen LogP contribution in [0.4, 0.5) is 0 Å². The average Bonchev–Trinajstić information content (AvgIpc) is 2.89. The Morgan fingerprint density at radius 2 is 2.00 bits per heavy atom. The lowest BCUT2D eigenvalue weighted by Gasteiger charge is -2.18. The molecule has 0 spiro atoms. The summed E-state index contributed by atoms with van der Waals surface area (Å²) in [6.45, 7) is 2.07. The van der Waals surface area contributed by atoms with E-state index in [0.29, 0.717) is 24.5 Å². The van der Waals surface area contributed by atoms with Gasteiger partial charge in [-0.05, 0) is 44.4 Å². The molecule has 2 N–H and O–H groups in total. The van der Waals surface area contributed by atoms with Crippen LogP contribution >= 0.6 is 0 Å². The highest BCUT2D eigenvalue weighted by atomic mass is 16.4. The smallest absolute Gasteiger partial charge is 0.303 e. The molecule has 0 aromatic heterocycles. The molecule has 4 heteroatoms. The molecule has 1 saturated carbocycles. The van der Waals surface area contributed by atoms with Crippen LogP contribution in [0, 0.1) is 23.7 Å². The van der Waals surface area contributed by atoms with Crippen LogP contribution in [0.2, 0.25) is 0 Å². The number of rotatable bonds is 11. The number of hydrogen-bond donors (Lipinski definition) is 2. The number of carboxylic acids is 1. The molecule has 0 radical (unpaired) electrons. The van der Waals surface area contributed by atoms with Gasteiger partial charge in [0.2, 0.25) is 0 Å². The largest absolute Gasteiger partial charge is 0.481 e. The Labute approximate surface area is 146 Å². The van der Waals surface area contributed by atoms with Gasteiger partial charge in [0, 0.05) is 25.2 Å². The summed E-state index contributed by atoms with van der Waals surface area (Å²) in [6, 6.07) is 0. The maximum atomic E-state index is 12.1. The molecule has 0 saturated heterocycles. The van der Waals surface area contributed by atoms with E-state index in [4.69, 9.17) is 5.11 Å². The molecule has 1 aliphatic rings. The van der Waals surface area contributed by atoms with Gasteiger partial charge in [0.25, 0.3) is 0 Å². The number of carboxylic acid groups (broad SMARTS) is 1. The molecule has 1 fully saturated rings. The monoisotopic (exact) mass is 336 g/mol. The molecule has 0 aromatic carbocycles. The predicted molar refractivity (Wildman–Crippen MR) is 94.5 cm³/mol. The van der Waals surface area contributed by atoms with E-state index in [1.54, 1.807) is 0 Å². The van der Waals surface area contributed by atoms with E-state index < -0.39 is 12.1 Å². The first-order valence-corrected chi connectivity index (χ1v) is 9.45. The molecule has 3 atom stereocenters. The second-order valence-corrected chi connectivity index (χ2v) is 6.88. The number of carbonyl (C=O) groups is 2. The highest BCUT2D eigenvalue weighted by molar-refractivity contribution is 5.83. The van der Waals surface area contributed by atoms with Crippen LogP contribution in [0.5, 0.6) is 0 Å². The molecular weight excluding hydrogens is 304 g/mol. The minimum atomic E-state index is -0.735. The van der Waals surface area contributed by atoms with Gasteiger partial charge >= 0.3 is 5.97 Å². The minimum Gasteiger partial charge on any atom is -0.481 e. The van der Waals surface area contributed by atoms with Crippen molar-refractivity contribution in [2.45, 2.75) is 90.1 Å². The minimum absolute atomic E-state index is 0.139. The zero-order valence-electron chi connectivity index (χ0n) is 14.9. The van der Waals surface area contributed by atoms with Crippen molar-refractivity contribution in [3.63, 3.8) is 0 Å². The third kappa shape index (κ3) is 8.49. The number of carbonyl (C=O) groups excluding carboxylic acids is 1. The topological polar surface area (TPSA) is 74.6 Å². The first-order valence-electron chi connectivity index (χ1n) is 9.45. The number of Topliss-reactive ketones (excluding diaryl/α,β-unsaturated/α-hetero) is 1. The van der Waals surface area contributed by atoms with Crippen LogP contribution in [0.25, 0.3) is 0 Å². The molecule has 0 aromatic rings. The summed E-state index contributed by atoms with van der Waals surface area (Å²) in [5.41, 5.74) is 0. The molecule has 0 amide bonds. The van der Waals surface area contributed by atoms with Crippen LogP contribution < -0.4 is 0 Å². The van der Waals surface area contributed by atoms with Gasteiger partial charge in [-0.3, -0.25) is 9.59 Å². The van der Waals surface area contributed by atoms with Crippen molar-refractivity contribution in [3.8, 4) is 11.8 Å². The number of ketones is 1. The summed E-state index contributed by atoms with van der Waals surface area (Å²) in [4.78, 5) is 22.5. The van der Waals surface area contributed by atoms with E-state index in [1.807, 2.05) is 0 Å². The van der Waals surface area contributed by atoms with Gasteiger partial charge in [-0.15, -0.1) is 5.92 Å². The van der Waals surface area contributed by atoms with Crippen molar-refractivity contribution in [2.75, 3.05) is 0 Å². The molecule has 4 nitrogen and oxygen atoms in total. The number of aliphatic carboxylic acids is 1. The maximum absolute atomic E-state index is 12.1. The molecule has 0 bridgehead atoms. The van der Waals surface area contributed by atoms with Gasteiger partial charge in [0.15, 0.2) is 0 Å². The van der Waals surface area contributed by atoms with E-state index in [-0.39, 0.29) is 12.3 Å². The lowest BCUT2D eigenvalue weighted by molar-refractivity contribution is -0.137. The quantitative estimate of drug-likeness (QED) is 0.442. The summed E-state index contributed by atoms with van der Waals surface area (Å²) < 4.78 is 0. The van der Waals surface area contributed by atoms with E-state index >= 15 is 0 Å². The second kappa shape index (κ2) is 12.1. The van der Waals surface area contributed by atoms with E-state index in [0.717, 1.165) is 57.8 Å². The molecule has 0 heterocycles. The number of unbranched alkanes of at least 4 members (excludes halogenated alkanes) is 4. The van der Waals surface area contributed by atoms with Crippen molar-refractivity contribution in [2.24, 2.45) is 11.8 Å². The number of aliphatic hydroxyl groups excluding tert-OH is 1. The van der Waals surface area contributed by atoms with E-state index in [9.17, 15) is 14.7 Å². The van der Waals surface area contributed by atoms with Crippen molar-refractivity contribution in [1.82, 2.24) is 0 Å². The standard InChI is InChI=1S/C20H32O4/c1-2-3-6-9-17(21)14-12-16-13-15-19(22)18(16)10-7-4-5-8-11-20(23)24/h16-18,21H,2-5,7-8,10-15H2,1H3,(H,23,24)/t16-,17?,18+/m0/s1. The van der Waals surface area contributed by atoms with Crippen molar-refractivity contribution in [1.29, 1.82) is 0 Å². The summed E-state index contributed by atoms with van der Waals surface area (Å²) in [5.74, 6) is 6.03. The Morgan fingerprint density at radius 3 is 2.71 bits per heavy atom. The fourth-order valence-corrected chi connectivity index (χ4v) is 3.47. The van der Waals surface area contributed by atoms with Gasteiger partial charge in [0.1, 0.15) is 11.9 Å². The Hall–Kier alpha value is -1.34. The molecule has 1 rings (SSSR count). The number of hydrogen-bond acceptors (Lipinski definition) is 3. The van der Waals surface area contributed by atoms with Crippen molar-refractivity contribution < 1.29 is 19.8 Å². The van der Waals surface area contributed by atoms with Crippen LogP contribution in [-0.2, 0) is 9.59 Å². The average molecular weight is 336 g/mol. The van der Waals surface area contributed by atoms with Crippen LogP contribution in [0.3, 0.4) is 0 Å². The predicted octanol–water partition coefficient (Wildman–Crippen LogP) is 3.95. The van der Waals surface area contributed by atoms with Gasteiger partial charge in [-0.25, -0.2) is 0 Å². The number of aliphatic hydroxyl groups is 1. The fraction of sp³-hybridized carbons (Fsp3) is 0.800. The van der Waals surface area contributed by atoms with Gasteiger partial charge in [-0.1, -0.05) is 32.1 Å². The highest BCUT2D eigenvalue weighted by Crippen LogP contribution is 2.36. The van der Waals surface area contributed by atoms with Gasteiger partial charge < -0.3 is 10.2 Å². The molecule has 24 heavy (non-hydrogen) atoms. The SMILES string of the molecule is CCCC#CC(O)CC[C@H]1CCC(=O)[C@@H]1CCCCCCC(=O)O. The molecule has 1 unspecified atom stereocenters. The maximum Gasteiger partial charge on any atom is 0.303 e. The lowest BCUT2D eigenvalue weighted by Crippen LogP contribution is -2.16. The molecule has 136 valence electrons. The van der Waals surface area contributed by atoms with Crippen LogP contribution in [0.1, 0.15) is 84.0 Å². The Balaban J connectivity index is 2.25. The highest BCUT2D eigenvalue weighted by Gasteiger charge is 2.33. The summed E-state index contributed by atoms with van der Waals surface area (Å²) in [6.07, 6.45) is 9.18. The lowest BCUT2D eigenvalue weighted by atomic mass is 9.86. The normalized spacial score (nSPS) is 21.3. The van der Waals surface area contributed by atoms with Crippen LogP contribution in [0.15, 0.2) is 0 Å². The first kappa shape index (κ1) is 20.7. The van der Waals surface area contributed by atoms with E-state index in [1.165, 1.54) is 0 Å². The summed E-state index contributed by atoms with van der Waals surface area (Å²) >= 11 is 0. The first-order chi connectivity index (χ1) is 11.5. The van der Waals surface area contributed by atoms with Crippen molar-refractivity contribution in [3.05, 3.63) is 0 Å². The fourth-order valence-electron chi connectivity index (χ4n) is 3.47. The van der Waals surface area contributed by atoms with Crippen LogP contribution in [-0.4, -0.2) is 28.1 Å².